The number of thiophene rings is 1. The van der Waals surface area contributed by atoms with Crippen LogP contribution in [0.4, 0.5) is 5.00 Å². The summed E-state index contributed by atoms with van der Waals surface area (Å²) >= 11 is 1.20. The van der Waals surface area contributed by atoms with Crippen LogP contribution in [0.1, 0.15) is 29.8 Å². The van der Waals surface area contributed by atoms with E-state index in [9.17, 15) is 14.4 Å². The van der Waals surface area contributed by atoms with E-state index < -0.39 is 24.5 Å². The Morgan fingerprint density at radius 2 is 1.64 bits per heavy atom. The Balaban J connectivity index is 1.58. The lowest BCUT2D eigenvalue weighted by atomic mass is 10.0. The van der Waals surface area contributed by atoms with Gasteiger partial charge in [0.25, 0.3) is 5.91 Å². The van der Waals surface area contributed by atoms with Crippen LogP contribution in [-0.4, -0.2) is 37.7 Å². The topological polar surface area (TPSA) is 90.9 Å². The van der Waals surface area contributed by atoms with E-state index in [-0.39, 0.29) is 18.8 Å². The number of hydrogen-bond acceptors (Lipinski definition) is 7. The number of esters is 2. The molecular weight excluding hydrogens is 442 g/mol. The Kier molecular flexibility index (Phi) is 8.60. The van der Waals surface area contributed by atoms with E-state index >= 15 is 0 Å². The molecule has 1 amide bonds. The fourth-order valence-electron chi connectivity index (χ4n) is 3.00. The summed E-state index contributed by atoms with van der Waals surface area (Å²) in [6, 6.07) is 16.7. The third-order valence-corrected chi connectivity index (χ3v) is 5.56. The molecule has 0 aliphatic carbocycles. The van der Waals surface area contributed by atoms with Crippen molar-refractivity contribution in [1.29, 1.82) is 0 Å². The van der Waals surface area contributed by atoms with Gasteiger partial charge in [-0.1, -0.05) is 49.4 Å². The average molecular weight is 468 g/mol. The van der Waals surface area contributed by atoms with Gasteiger partial charge in [-0.2, -0.15) is 0 Å². The van der Waals surface area contributed by atoms with Crippen molar-refractivity contribution in [3.05, 3.63) is 71.1 Å². The van der Waals surface area contributed by atoms with E-state index in [0.717, 1.165) is 17.5 Å². The maximum atomic E-state index is 12.6. The third-order valence-electron chi connectivity index (χ3n) is 4.66. The Morgan fingerprint density at radius 1 is 0.909 bits per heavy atom. The largest absolute Gasteiger partial charge is 0.482 e. The van der Waals surface area contributed by atoms with Crippen LogP contribution in [0.15, 0.2) is 60.0 Å². The molecule has 0 saturated carbocycles. The van der Waals surface area contributed by atoms with Crippen molar-refractivity contribution in [2.24, 2.45) is 0 Å². The summed E-state index contributed by atoms with van der Waals surface area (Å²) in [5.74, 6) is -1.23. The quantitative estimate of drug-likeness (QED) is 0.434. The minimum absolute atomic E-state index is 0.203. The number of carbonyl (C=O) groups excluding carboxylic acids is 3. The SMILES string of the molecule is CCOC(=O)c1c(-c2ccccc2)csc1NC(=O)COC(=O)COc1ccc(CC)cc1. The van der Waals surface area contributed by atoms with Gasteiger partial charge in [0.1, 0.15) is 16.3 Å². The van der Waals surface area contributed by atoms with Crippen LogP contribution in [0.5, 0.6) is 5.75 Å². The molecule has 3 rings (SSSR count). The first-order valence-corrected chi connectivity index (χ1v) is 11.4. The van der Waals surface area contributed by atoms with Crippen LogP contribution in [0.3, 0.4) is 0 Å². The summed E-state index contributed by atoms with van der Waals surface area (Å²) in [5.41, 5.74) is 2.92. The van der Waals surface area contributed by atoms with Gasteiger partial charge < -0.3 is 19.5 Å². The molecule has 0 fully saturated rings. The van der Waals surface area contributed by atoms with E-state index in [4.69, 9.17) is 14.2 Å². The van der Waals surface area contributed by atoms with Crippen LogP contribution in [0, 0.1) is 0 Å². The van der Waals surface area contributed by atoms with Crippen LogP contribution in [-0.2, 0) is 25.5 Å². The van der Waals surface area contributed by atoms with Gasteiger partial charge in [0.05, 0.1) is 6.61 Å². The second-order valence-corrected chi connectivity index (χ2v) is 7.81. The fraction of sp³-hybridized carbons (Fsp3) is 0.240. The van der Waals surface area contributed by atoms with Crippen LogP contribution in [0.2, 0.25) is 0 Å². The molecule has 3 aromatic rings. The van der Waals surface area contributed by atoms with Gasteiger partial charge in [-0.25, -0.2) is 9.59 Å². The van der Waals surface area contributed by atoms with Crippen molar-refractivity contribution in [2.75, 3.05) is 25.1 Å². The highest BCUT2D eigenvalue weighted by molar-refractivity contribution is 7.15. The van der Waals surface area contributed by atoms with Crippen molar-refractivity contribution in [1.82, 2.24) is 0 Å². The maximum absolute atomic E-state index is 12.6. The number of rotatable bonds is 10. The predicted octanol–water partition coefficient (Wildman–Crippen LogP) is 4.71. The van der Waals surface area contributed by atoms with Gasteiger partial charge in [-0.15, -0.1) is 11.3 Å². The van der Waals surface area contributed by atoms with E-state index in [1.54, 1.807) is 24.4 Å². The second kappa shape index (κ2) is 11.8. The van der Waals surface area contributed by atoms with Crippen molar-refractivity contribution in [3.63, 3.8) is 0 Å². The first-order chi connectivity index (χ1) is 16.0. The van der Waals surface area contributed by atoms with Crippen molar-refractivity contribution < 1.29 is 28.6 Å². The highest BCUT2D eigenvalue weighted by Crippen LogP contribution is 2.36. The van der Waals surface area contributed by atoms with Crippen LogP contribution < -0.4 is 10.1 Å². The minimum Gasteiger partial charge on any atom is -0.482 e. The number of ether oxygens (including phenoxy) is 3. The molecule has 0 saturated heterocycles. The molecule has 1 aromatic heterocycles. The molecule has 0 radical (unpaired) electrons. The third kappa shape index (κ3) is 6.66. The smallest absolute Gasteiger partial charge is 0.344 e. The first-order valence-electron chi connectivity index (χ1n) is 10.5. The molecule has 0 spiro atoms. The molecule has 0 unspecified atom stereocenters. The monoisotopic (exact) mass is 467 g/mol. The Labute approximate surface area is 196 Å². The molecule has 7 nitrogen and oxygen atoms in total. The highest BCUT2D eigenvalue weighted by Gasteiger charge is 2.23. The molecule has 1 N–H and O–H groups in total. The molecule has 33 heavy (non-hydrogen) atoms. The zero-order valence-electron chi connectivity index (χ0n) is 18.5. The molecule has 172 valence electrons. The molecule has 0 aliphatic heterocycles. The van der Waals surface area contributed by atoms with Crippen LogP contribution >= 0.6 is 11.3 Å². The zero-order chi connectivity index (χ0) is 23.6. The van der Waals surface area contributed by atoms with Gasteiger partial charge in [-0.3, -0.25) is 4.79 Å². The Hall–Kier alpha value is -3.65. The number of hydrogen-bond donors (Lipinski definition) is 1. The van der Waals surface area contributed by atoms with Gasteiger partial charge in [0.15, 0.2) is 13.2 Å². The van der Waals surface area contributed by atoms with Crippen molar-refractivity contribution in [2.45, 2.75) is 20.3 Å². The number of carbonyl (C=O) groups is 3. The predicted molar refractivity (Wildman–Crippen MR) is 127 cm³/mol. The molecule has 0 atom stereocenters. The number of benzene rings is 2. The first kappa shape index (κ1) is 24.0. The summed E-state index contributed by atoms with van der Waals surface area (Å²) in [5, 5.41) is 4.76. The lowest BCUT2D eigenvalue weighted by Crippen LogP contribution is -2.24. The summed E-state index contributed by atoms with van der Waals surface area (Å²) in [6.07, 6.45) is 0.909. The lowest BCUT2D eigenvalue weighted by molar-refractivity contribution is -0.149. The summed E-state index contributed by atoms with van der Waals surface area (Å²) in [6.45, 7) is 3.15. The van der Waals surface area contributed by atoms with Gasteiger partial charge in [-0.05, 0) is 36.6 Å². The van der Waals surface area contributed by atoms with Gasteiger partial charge >= 0.3 is 11.9 Å². The lowest BCUT2D eigenvalue weighted by Gasteiger charge is -2.10. The molecular formula is C25H25NO6S. The normalized spacial score (nSPS) is 10.4. The summed E-state index contributed by atoms with van der Waals surface area (Å²) < 4.78 is 15.5. The van der Waals surface area contributed by atoms with Gasteiger partial charge in [0, 0.05) is 10.9 Å². The number of nitrogens with one attached hydrogen (secondary N) is 1. The van der Waals surface area contributed by atoms with E-state index in [1.165, 1.54) is 11.3 Å². The fourth-order valence-corrected chi connectivity index (χ4v) is 3.97. The summed E-state index contributed by atoms with van der Waals surface area (Å²) in [4.78, 5) is 36.9. The molecule has 0 bridgehead atoms. The number of anilines is 1. The Morgan fingerprint density at radius 3 is 2.30 bits per heavy atom. The maximum Gasteiger partial charge on any atom is 0.344 e. The highest BCUT2D eigenvalue weighted by atomic mass is 32.1. The minimum atomic E-state index is -0.675. The molecule has 0 aliphatic rings. The number of aryl methyl sites for hydroxylation is 1. The summed E-state index contributed by atoms with van der Waals surface area (Å²) in [7, 11) is 0. The molecule has 2 aromatic carbocycles. The van der Waals surface area contributed by atoms with E-state index in [0.29, 0.717) is 16.3 Å². The van der Waals surface area contributed by atoms with Crippen LogP contribution in [0.25, 0.3) is 11.1 Å². The molecule has 1 heterocycles. The van der Waals surface area contributed by atoms with E-state index in [2.05, 4.69) is 5.32 Å². The van der Waals surface area contributed by atoms with Gasteiger partial charge in [0.2, 0.25) is 0 Å². The standard InChI is InChI=1S/C25H25NO6S/c1-3-17-10-12-19(13-11-17)31-15-22(28)32-14-21(27)26-24-23(25(29)30-4-2)20(16-33-24)18-8-6-5-7-9-18/h5-13,16H,3-4,14-15H2,1-2H3,(H,26,27). The molecule has 8 heteroatoms. The van der Waals surface area contributed by atoms with Crippen molar-refractivity contribution in [3.8, 4) is 16.9 Å². The number of amides is 1. The average Bonchev–Trinajstić information content (AvgIpc) is 3.26. The second-order valence-electron chi connectivity index (χ2n) is 6.94. The Bertz CT molecular complexity index is 1090. The van der Waals surface area contributed by atoms with Crippen molar-refractivity contribution >= 4 is 34.2 Å². The zero-order valence-corrected chi connectivity index (χ0v) is 19.3. The van der Waals surface area contributed by atoms with E-state index in [1.807, 2.05) is 49.4 Å².